The summed E-state index contributed by atoms with van der Waals surface area (Å²) in [5.41, 5.74) is -0.0152. The second-order valence-electron chi connectivity index (χ2n) is 3.08. The molecule has 0 aliphatic rings. The number of ketones is 1. The van der Waals surface area contributed by atoms with Gasteiger partial charge in [0, 0.05) is 6.61 Å². The fraction of sp³-hybridized carbons (Fsp3) is 0.364. The van der Waals surface area contributed by atoms with E-state index in [0.717, 1.165) is 6.42 Å². The predicted molar refractivity (Wildman–Crippen MR) is 56.9 cm³/mol. The van der Waals surface area contributed by atoms with Crippen molar-refractivity contribution in [1.29, 1.82) is 0 Å². The Kier molecular flexibility index (Phi) is 4.72. The molecule has 1 aromatic rings. The van der Waals surface area contributed by atoms with Crippen molar-refractivity contribution >= 4 is 17.4 Å². The fourth-order valence-corrected chi connectivity index (χ4v) is 1.28. The van der Waals surface area contributed by atoms with E-state index in [-0.39, 0.29) is 23.0 Å². The molecule has 0 fully saturated rings. The van der Waals surface area contributed by atoms with Gasteiger partial charge >= 0.3 is 0 Å². The Hall–Kier alpha value is -0.930. The van der Waals surface area contributed by atoms with Crippen molar-refractivity contribution in [3.63, 3.8) is 0 Å². The van der Waals surface area contributed by atoms with Crippen LogP contribution in [0.2, 0.25) is 5.02 Å². The first-order valence-corrected chi connectivity index (χ1v) is 5.09. The topological polar surface area (TPSA) is 26.3 Å². The fourth-order valence-electron chi connectivity index (χ4n) is 1.11. The number of carbonyl (C=O) groups is 1. The van der Waals surface area contributed by atoms with Crippen molar-refractivity contribution in [3.05, 3.63) is 34.6 Å². The molecule has 0 atom stereocenters. The summed E-state index contributed by atoms with van der Waals surface area (Å²) in [5, 5.41) is -0.0451. The largest absolute Gasteiger partial charge is 0.373 e. The minimum Gasteiger partial charge on any atom is -0.373 e. The molecule has 15 heavy (non-hydrogen) atoms. The van der Waals surface area contributed by atoms with Crippen LogP contribution < -0.4 is 0 Å². The van der Waals surface area contributed by atoms with E-state index in [9.17, 15) is 9.18 Å². The third kappa shape index (κ3) is 3.29. The number of Topliss-reactive ketones (excluding diaryl/α,β-unsaturated/α-hetero) is 1. The first kappa shape index (κ1) is 12.1. The normalized spacial score (nSPS) is 10.3. The van der Waals surface area contributed by atoms with Gasteiger partial charge in [0.25, 0.3) is 0 Å². The quantitative estimate of drug-likeness (QED) is 0.574. The monoisotopic (exact) mass is 230 g/mol. The van der Waals surface area contributed by atoms with Gasteiger partial charge in [0.2, 0.25) is 0 Å². The molecule has 82 valence electrons. The van der Waals surface area contributed by atoms with Crippen LogP contribution in [0, 0.1) is 5.82 Å². The molecule has 0 unspecified atom stereocenters. The number of ether oxygens (including phenoxy) is 1. The van der Waals surface area contributed by atoms with Crippen LogP contribution in [0.25, 0.3) is 0 Å². The van der Waals surface area contributed by atoms with Crippen LogP contribution in [-0.2, 0) is 4.74 Å². The highest BCUT2D eigenvalue weighted by atomic mass is 35.5. The van der Waals surface area contributed by atoms with Gasteiger partial charge in [-0.1, -0.05) is 24.6 Å². The lowest BCUT2D eigenvalue weighted by Crippen LogP contribution is -2.11. The number of rotatable bonds is 5. The van der Waals surface area contributed by atoms with Gasteiger partial charge in [-0.2, -0.15) is 0 Å². The Morgan fingerprint density at radius 2 is 2.27 bits per heavy atom. The van der Waals surface area contributed by atoms with Crippen molar-refractivity contribution in [2.75, 3.05) is 13.2 Å². The standard InChI is InChI=1S/C11H12ClFO2/c1-2-6-15-7-10(14)8-4-3-5-9(12)11(8)13/h3-5H,2,6-7H2,1H3. The third-order valence-corrected chi connectivity index (χ3v) is 2.13. The number of halogens is 2. The van der Waals surface area contributed by atoms with E-state index in [2.05, 4.69) is 0 Å². The second-order valence-corrected chi connectivity index (χ2v) is 3.48. The Morgan fingerprint density at radius 1 is 1.53 bits per heavy atom. The molecule has 0 bridgehead atoms. The molecule has 0 saturated carbocycles. The third-order valence-electron chi connectivity index (χ3n) is 1.83. The molecular weight excluding hydrogens is 219 g/mol. The summed E-state index contributed by atoms with van der Waals surface area (Å²) in [5.74, 6) is -1.06. The molecule has 1 rings (SSSR count). The minimum absolute atomic E-state index is 0.0152. The molecular formula is C11H12ClFO2. The van der Waals surface area contributed by atoms with E-state index in [0.29, 0.717) is 6.61 Å². The van der Waals surface area contributed by atoms with Gasteiger partial charge in [-0.3, -0.25) is 4.79 Å². The summed E-state index contributed by atoms with van der Waals surface area (Å²) in [6.45, 7) is 2.32. The zero-order chi connectivity index (χ0) is 11.3. The lowest BCUT2D eigenvalue weighted by atomic mass is 10.1. The Balaban J connectivity index is 2.69. The molecule has 0 saturated heterocycles. The highest BCUT2D eigenvalue weighted by Gasteiger charge is 2.13. The molecule has 0 N–H and O–H groups in total. The molecule has 0 spiro atoms. The highest BCUT2D eigenvalue weighted by Crippen LogP contribution is 2.18. The first-order chi connectivity index (χ1) is 7.16. The molecule has 4 heteroatoms. The van der Waals surface area contributed by atoms with E-state index < -0.39 is 5.82 Å². The summed E-state index contributed by atoms with van der Waals surface area (Å²) in [6.07, 6.45) is 0.825. The SMILES string of the molecule is CCCOCC(=O)c1cccc(Cl)c1F. The van der Waals surface area contributed by atoms with Gasteiger partial charge in [0.05, 0.1) is 10.6 Å². The van der Waals surface area contributed by atoms with E-state index in [4.69, 9.17) is 16.3 Å². The predicted octanol–water partition coefficient (Wildman–Crippen LogP) is 3.09. The van der Waals surface area contributed by atoms with E-state index >= 15 is 0 Å². The van der Waals surface area contributed by atoms with Gasteiger partial charge < -0.3 is 4.74 Å². The highest BCUT2D eigenvalue weighted by molar-refractivity contribution is 6.31. The Bertz CT molecular complexity index is 352. The van der Waals surface area contributed by atoms with Crippen molar-refractivity contribution < 1.29 is 13.9 Å². The van der Waals surface area contributed by atoms with Gasteiger partial charge in [0.15, 0.2) is 11.6 Å². The van der Waals surface area contributed by atoms with Gasteiger partial charge in [-0.25, -0.2) is 4.39 Å². The van der Waals surface area contributed by atoms with Crippen LogP contribution in [0.4, 0.5) is 4.39 Å². The van der Waals surface area contributed by atoms with Crippen LogP contribution in [0.5, 0.6) is 0 Å². The van der Waals surface area contributed by atoms with Crippen molar-refractivity contribution in [1.82, 2.24) is 0 Å². The summed E-state index contributed by atoms with van der Waals surface area (Å²) in [6, 6.07) is 4.35. The Labute approximate surface area is 93.0 Å². The molecule has 2 nitrogen and oxygen atoms in total. The maximum absolute atomic E-state index is 13.4. The molecule has 0 aromatic heterocycles. The van der Waals surface area contributed by atoms with E-state index in [1.165, 1.54) is 12.1 Å². The van der Waals surface area contributed by atoms with E-state index in [1.54, 1.807) is 6.07 Å². The average molecular weight is 231 g/mol. The van der Waals surface area contributed by atoms with Gasteiger partial charge in [-0.05, 0) is 18.6 Å². The molecule has 1 aromatic carbocycles. The maximum atomic E-state index is 13.4. The number of carbonyl (C=O) groups excluding carboxylic acids is 1. The average Bonchev–Trinajstić information content (AvgIpc) is 2.22. The van der Waals surface area contributed by atoms with Gasteiger partial charge in [-0.15, -0.1) is 0 Å². The molecule has 0 aliphatic carbocycles. The molecule has 0 radical (unpaired) electrons. The summed E-state index contributed by atoms with van der Waals surface area (Å²) in [7, 11) is 0. The van der Waals surface area contributed by atoms with Crippen molar-refractivity contribution in [2.45, 2.75) is 13.3 Å². The van der Waals surface area contributed by atoms with Crippen LogP contribution in [0.1, 0.15) is 23.7 Å². The Morgan fingerprint density at radius 3 is 2.93 bits per heavy atom. The number of hydrogen-bond donors (Lipinski definition) is 0. The van der Waals surface area contributed by atoms with Crippen molar-refractivity contribution in [2.24, 2.45) is 0 Å². The molecule has 0 amide bonds. The molecule has 0 aliphatic heterocycles. The maximum Gasteiger partial charge on any atom is 0.191 e. The van der Waals surface area contributed by atoms with Crippen LogP contribution in [0.3, 0.4) is 0 Å². The number of hydrogen-bond acceptors (Lipinski definition) is 2. The summed E-state index contributed by atoms with van der Waals surface area (Å²) < 4.78 is 18.4. The zero-order valence-electron chi connectivity index (χ0n) is 8.43. The first-order valence-electron chi connectivity index (χ1n) is 4.71. The zero-order valence-corrected chi connectivity index (χ0v) is 9.18. The second kappa shape index (κ2) is 5.83. The molecule has 0 heterocycles. The van der Waals surface area contributed by atoms with Crippen LogP contribution in [0.15, 0.2) is 18.2 Å². The lowest BCUT2D eigenvalue weighted by Gasteiger charge is -2.04. The lowest BCUT2D eigenvalue weighted by molar-refractivity contribution is 0.0757. The minimum atomic E-state index is -0.677. The van der Waals surface area contributed by atoms with Crippen LogP contribution >= 0.6 is 11.6 Å². The van der Waals surface area contributed by atoms with Crippen LogP contribution in [-0.4, -0.2) is 19.0 Å². The smallest absolute Gasteiger partial charge is 0.191 e. The van der Waals surface area contributed by atoms with Gasteiger partial charge in [0.1, 0.15) is 6.61 Å². The number of benzene rings is 1. The summed E-state index contributed by atoms with van der Waals surface area (Å²) in [4.78, 5) is 11.5. The van der Waals surface area contributed by atoms with E-state index in [1.807, 2.05) is 6.92 Å². The van der Waals surface area contributed by atoms with Crippen molar-refractivity contribution in [3.8, 4) is 0 Å². The summed E-state index contributed by atoms with van der Waals surface area (Å²) >= 11 is 5.55.